The van der Waals surface area contributed by atoms with Crippen molar-refractivity contribution in [3.8, 4) is 5.88 Å². The molecule has 10 aliphatic carbocycles. The molecule has 7 heteroatoms. The Bertz CT molecular complexity index is 4710. The van der Waals surface area contributed by atoms with Crippen molar-refractivity contribution in [1.29, 1.82) is 0 Å². The van der Waals surface area contributed by atoms with Crippen molar-refractivity contribution in [2.24, 2.45) is 35.5 Å². The summed E-state index contributed by atoms with van der Waals surface area (Å²) in [6, 6.07) is 47.7. The van der Waals surface area contributed by atoms with Crippen LogP contribution in [-0.2, 0) is 17.3 Å². The molecule has 6 aromatic rings. The lowest BCUT2D eigenvalue weighted by Gasteiger charge is -2.47. The van der Waals surface area contributed by atoms with Gasteiger partial charge in [-0.1, -0.05) is 282 Å². The summed E-state index contributed by atoms with van der Waals surface area (Å²) in [6.45, 7) is 7.50. The van der Waals surface area contributed by atoms with Crippen molar-refractivity contribution in [2.45, 2.75) is 216 Å². The van der Waals surface area contributed by atoms with Crippen LogP contribution in [0.2, 0.25) is 0 Å². The van der Waals surface area contributed by atoms with Crippen LogP contribution in [-0.4, -0.2) is 45.0 Å². The Morgan fingerprint density at radius 1 is 0.623 bits per heavy atom. The van der Waals surface area contributed by atoms with E-state index in [1.165, 1.54) is 93.8 Å². The SMILES string of the molecule is CCCCC(CCc1ccc(C2(C3=CC=CCC3)C3C=CC=CC3C3c4ccccc4C(c4cc(OCC(CC)CCCC)nc(C5=C(O)C=CCC5)n4)=CC32)cc1)CCC1CC(C2=CC3C(C4=C2CCCC4)c2c(ccc4ccccc24)C3(C2=CC=CCC2)c2ccccc2)NC(C2=C(O)CCC=C2)N1. The van der Waals surface area contributed by atoms with Gasteiger partial charge in [-0.3, -0.25) is 10.6 Å². The normalized spacial score (nSPS) is 28.3. The topological polar surface area (TPSA) is 99.5 Å². The van der Waals surface area contributed by atoms with E-state index in [2.05, 4.69) is 238 Å². The van der Waals surface area contributed by atoms with E-state index in [0.717, 1.165) is 125 Å². The van der Waals surface area contributed by atoms with Gasteiger partial charge in [0.25, 0.3) is 0 Å². The highest BCUT2D eigenvalue weighted by molar-refractivity contribution is 5.91. The zero-order valence-electron chi connectivity index (χ0n) is 63.0. The van der Waals surface area contributed by atoms with Gasteiger partial charge in [0.1, 0.15) is 5.76 Å². The van der Waals surface area contributed by atoms with Crippen molar-refractivity contribution in [1.82, 2.24) is 20.6 Å². The highest BCUT2D eigenvalue weighted by Gasteiger charge is 2.62. The molecule has 13 unspecified atom stereocenters. The third-order valence-corrected chi connectivity index (χ3v) is 27.2. The quantitative estimate of drug-likeness (QED) is 0.0479. The monoisotopic (exact) mass is 1400 g/mol. The minimum Gasteiger partial charge on any atom is -0.512 e. The van der Waals surface area contributed by atoms with Crippen molar-refractivity contribution in [3.05, 3.63) is 314 Å². The summed E-state index contributed by atoms with van der Waals surface area (Å²) < 4.78 is 6.79. The zero-order valence-corrected chi connectivity index (χ0v) is 63.0. The van der Waals surface area contributed by atoms with E-state index in [4.69, 9.17) is 14.7 Å². The number of aromatic nitrogens is 2. The molecular formula is C99H110N4O3. The molecule has 0 radical (unpaired) electrons. The Morgan fingerprint density at radius 3 is 2.18 bits per heavy atom. The second kappa shape index (κ2) is 30.9. The molecule has 7 nitrogen and oxygen atoms in total. The van der Waals surface area contributed by atoms with E-state index in [1.54, 1.807) is 22.3 Å². The predicted octanol–water partition coefficient (Wildman–Crippen LogP) is 23.7. The molecule has 11 aliphatic rings. The van der Waals surface area contributed by atoms with Crippen LogP contribution in [0.4, 0.5) is 0 Å². The summed E-state index contributed by atoms with van der Waals surface area (Å²) in [6.07, 6.45) is 63.4. The zero-order chi connectivity index (χ0) is 71.7. The van der Waals surface area contributed by atoms with E-state index < -0.39 is 0 Å². The summed E-state index contributed by atoms with van der Waals surface area (Å²) >= 11 is 0. The molecule has 544 valence electrons. The van der Waals surface area contributed by atoms with E-state index in [1.807, 2.05) is 12.2 Å². The van der Waals surface area contributed by atoms with Crippen molar-refractivity contribution in [3.63, 3.8) is 0 Å². The lowest BCUT2D eigenvalue weighted by atomic mass is 9.58. The Kier molecular flexibility index (Phi) is 20.5. The van der Waals surface area contributed by atoms with Crippen LogP contribution in [0.3, 0.4) is 0 Å². The molecule has 2 fully saturated rings. The summed E-state index contributed by atoms with van der Waals surface area (Å²) in [4.78, 5) is 10.6. The van der Waals surface area contributed by atoms with Crippen molar-refractivity contribution in [2.75, 3.05) is 6.61 Å². The first-order valence-corrected chi connectivity index (χ1v) is 41.5. The van der Waals surface area contributed by atoms with Crippen LogP contribution in [0.1, 0.15) is 231 Å². The molecule has 1 aromatic heterocycles. The van der Waals surface area contributed by atoms with Gasteiger partial charge < -0.3 is 14.9 Å². The third kappa shape index (κ3) is 12.8. The van der Waals surface area contributed by atoms with Crippen LogP contribution in [0.15, 0.2) is 264 Å². The maximum atomic E-state index is 11.9. The number of aryl methyl sites for hydroxylation is 1. The van der Waals surface area contributed by atoms with Gasteiger partial charge in [0, 0.05) is 64.0 Å². The van der Waals surface area contributed by atoms with Gasteiger partial charge in [-0.05, 0) is 212 Å². The van der Waals surface area contributed by atoms with E-state index >= 15 is 0 Å². The minimum atomic E-state index is -0.338. The number of aliphatic hydroxyl groups is 2. The minimum absolute atomic E-state index is 0.110. The number of aliphatic hydroxyl groups excluding tert-OH is 2. The molecule has 2 heterocycles. The number of ether oxygens (including phenoxy) is 1. The average molecular weight is 1400 g/mol. The fourth-order valence-corrected chi connectivity index (χ4v) is 22.1. The summed E-state index contributed by atoms with van der Waals surface area (Å²) in [5.74, 6) is 4.29. The molecule has 0 bridgehead atoms. The Morgan fingerprint density at radius 2 is 1.38 bits per heavy atom. The summed E-state index contributed by atoms with van der Waals surface area (Å²) in [7, 11) is 0. The van der Waals surface area contributed by atoms with Gasteiger partial charge in [0.05, 0.1) is 24.2 Å². The van der Waals surface area contributed by atoms with Crippen LogP contribution in [0.25, 0.3) is 21.9 Å². The molecule has 13 atom stereocenters. The Hall–Kier alpha value is -8.62. The molecule has 1 aliphatic heterocycles. The molecule has 1 saturated heterocycles. The lowest BCUT2D eigenvalue weighted by Crippen LogP contribution is -2.60. The number of hydrogen-bond donors (Lipinski definition) is 4. The number of rotatable bonds is 24. The third-order valence-electron chi connectivity index (χ3n) is 27.2. The lowest BCUT2D eigenvalue weighted by molar-refractivity contribution is 0.225. The van der Waals surface area contributed by atoms with Crippen LogP contribution >= 0.6 is 0 Å². The largest absolute Gasteiger partial charge is 0.512 e. The average Bonchev–Trinajstić information content (AvgIpc) is 1.66. The van der Waals surface area contributed by atoms with Crippen LogP contribution in [0.5, 0.6) is 5.88 Å². The van der Waals surface area contributed by atoms with Crippen LogP contribution < -0.4 is 15.4 Å². The van der Waals surface area contributed by atoms with Gasteiger partial charge >= 0.3 is 0 Å². The number of fused-ring (bicyclic) bond motifs is 11. The first-order chi connectivity index (χ1) is 52.3. The fraction of sp³-hybridized carbons (Fsp3) is 0.414. The number of allylic oxidation sites excluding steroid dienone is 20. The Balaban J connectivity index is 0.689. The molecule has 4 N–H and O–H groups in total. The fourth-order valence-electron chi connectivity index (χ4n) is 22.1. The summed E-state index contributed by atoms with van der Waals surface area (Å²) in [5.41, 5.74) is 21.0. The molecule has 106 heavy (non-hydrogen) atoms. The molecule has 1 saturated carbocycles. The van der Waals surface area contributed by atoms with E-state index in [0.29, 0.717) is 54.7 Å². The number of unbranched alkanes of at least 4 members (excludes halogenated alkanes) is 2. The van der Waals surface area contributed by atoms with Gasteiger partial charge in [0.15, 0.2) is 5.82 Å². The highest BCUT2D eigenvalue weighted by atomic mass is 16.5. The molecule has 0 spiro atoms. The molecule has 0 amide bonds. The van der Waals surface area contributed by atoms with E-state index in [-0.39, 0.29) is 64.4 Å². The van der Waals surface area contributed by atoms with E-state index in [9.17, 15) is 10.2 Å². The Labute approximate surface area is 631 Å². The molecule has 17 rings (SSSR count). The first-order valence-electron chi connectivity index (χ1n) is 41.5. The number of nitrogens with one attached hydrogen (secondary N) is 2. The van der Waals surface area contributed by atoms with Gasteiger partial charge in [-0.2, -0.15) is 4.98 Å². The van der Waals surface area contributed by atoms with Crippen LogP contribution in [0, 0.1) is 35.5 Å². The highest BCUT2D eigenvalue weighted by Crippen LogP contribution is 2.69. The van der Waals surface area contributed by atoms with Crippen molar-refractivity contribution >= 4 is 21.9 Å². The number of hydrogen-bond acceptors (Lipinski definition) is 7. The second-order valence-electron chi connectivity index (χ2n) is 32.9. The standard InChI is InChI=1S/C99H110N4O3/c1-4-7-30-65(6-3)64-106-92-63-89(102-97(103-92)81-46-26-29-49-91(81)105)83-61-86-93(77-42-22-20-40-75(77)83)79-44-24-27-47-84(79)98(86,69-33-12-9-13-34-69)72-56-52-67(53-57-72)51-50-66(31-8-5-2)54-58-73-60-88(101-96(100-73)80-45-25-28-48-90(80)104)82-62-87-95(78-43-23-21-41-76(78)82)94-74-39-19-18-32-68(74)55-59-85(94)99(87,70-35-14-10-15-36-70)71-37-16-11-17-38-71/h9-12,14-16,18-20,22,24-25,27,29,32-33,35-37,39-40,42,44-45,47,49,52-53,55-57,59,61-63,65-66,73,79,84,86-88,93,95-96,100-101,104-105H,4-8,13,17,21,23,26,28,30-31,34,38,41,43,46,48,50-51,54,58,60,64H2,1-3H3. The molecule has 5 aromatic carbocycles. The second-order valence-corrected chi connectivity index (χ2v) is 32.9. The maximum Gasteiger partial charge on any atom is 0.217 e. The van der Waals surface area contributed by atoms with Gasteiger partial charge in [-0.25, -0.2) is 4.98 Å². The first kappa shape index (κ1) is 70.4. The maximum absolute atomic E-state index is 11.9. The van der Waals surface area contributed by atoms with Gasteiger partial charge in [0.2, 0.25) is 5.88 Å². The number of nitrogens with zero attached hydrogens (tertiary/aromatic N) is 2. The van der Waals surface area contributed by atoms with Gasteiger partial charge in [-0.15, -0.1) is 0 Å². The number of benzene rings is 5. The summed E-state index contributed by atoms with van der Waals surface area (Å²) in [5, 5.41) is 34.6. The smallest absolute Gasteiger partial charge is 0.217 e. The predicted molar refractivity (Wildman–Crippen MR) is 437 cm³/mol. The van der Waals surface area contributed by atoms with Crippen molar-refractivity contribution < 1.29 is 14.9 Å². The molecular weight excluding hydrogens is 1290 g/mol.